The molecule has 0 atom stereocenters. The number of phenols is 1. The van der Waals surface area contributed by atoms with Crippen LogP contribution >= 0.6 is 22.6 Å². The minimum Gasteiger partial charge on any atom is -0.507 e. The molecule has 102 valence electrons. The molecule has 1 saturated carbocycles. The summed E-state index contributed by atoms with van der Waals surface area (Å²) in [5, 5.41) is 21.3. The fourth-order valence-electron chi connectivity index (χ4n) is 2.21. The van der Waals surface area contributed by atoms with Crippen LogP contribution in [0.2, 0.25) is 0 Å². The molecule has 2 rings (SSSR count). The Morgan fingerprint density at radius 3 is 2.53 bits per heavy atom. The van der Waals surface area contributed by atoms with Gasteiger partial charge >= 0.3 is 5.97 Å². The highest BCUT2D eigenvalue weighted by atomic mass is 127. The molecular formula is C13H14INO4. The molecule has 0 radical (unpaired) electrons. The second-order valence-electron chi connectivity index (χ2n) is 4.82. The molecule has 1 aliphatic carbocycles. The second-order valence-corrected chi connectivity index (χ2v) is 5.99. The number of hydrogen-bond acceptors (Lipinski definition) is 3. The van der Waals surface area contributed by atoms with Gasteiger partial charge in [0.1, 0.15) is 5.75 Å². The zero-order valence-corrected chi connectivity index (χ0v) is 12.3. The van der Waals surface area contributed by atoms with Gasteiger partial charge in [-0.3, -0.25) is 9.59 Å². The quantitative estimate of drug-likeness (QED) is 0.704. The minimum absolute atomic E-state index is 0.0501. The number of carbonyl (C=O) groups excluding carboxylic acids is 1. The first-order valence-electron chi connectivity index (χ1n) is 5.95. The first-order chi connectivity index (χ1) is 8.92. The number of carboxylic acid groups (broad SMARTS) is 1. The summed E-state index contributed by atoms with van der Waals surface area (Å²) in [6.07, 6.45) is 2.23. The predicted octanol–water partition coefficient (Wildman–Crippen LogP) is 2.12. The maximum absolute atomic E-state index is 12.1. The molecule has 0 saturated heterocycles. The third kappa shape index (κ3) is 3.17. The Balaban J connectivity index is 2.11. The molecule has 0 spiro atoms. The van der Waals surface area contributed by atoms with Crippen LogP contribution in [-0.4, -0.2) is 27.6 Å². The SMILES string of the molecule is O=C(O)CC1(NC(=O)c2ccc(I)c(O)c2)CCC1. The summed E-state index contributed by atoms with van der Waals surface area (Å²) in [5.74, 6) is -1.20. The van der Waals surface area contributed by atoms with E-state index in [4.69, 9.17) is 5.11 Å². The van der Waals surface area contributed by atoms with Crippen molar-refractivity contribution in [2.24, 2.45) is 0 Å². The molecule has 3 N–H and O–H groups in total. The second kappa shape index (κ2) is 5.36. The molecule has 0 heterocycles. The van der Waals surface area contributed by atoms with Crippen LogP contribution < -0.4 is 5.32 Å². The number of aliphatic carboxylic acids is 1. The van der Waals surface area contributed by atoms with Gasteiger partial charge in [-0.25, -0.2) is 0 Å². The zero-order valence-electron chi connectivity index (χ0n) is 10.1. The van der Waals surface area contributed by atoms with E-state index in [1.54, 1.807) is 12.1 Å². The van der Waals surface area contributed by atoms with E-state index in [0.29, 0.717) is 22.0 Å². The monoisotopic (exact) mass is 375 g/mol. The average Bonchev–Trinajstić information content (AvgIpc) is 2.29. The summed E-state index contributed by atoms with van der Waals surface area (Å²) in [5.41, 5.74) is -0.281. The van der Waals surface area contributed by atoms with Crippen molar-refractivity contribution in [3.63, 3.8) is 0 Å². The maximum Gasteiger partial charge on any atom is 0.305 e. The van der Waals surface area contributed by atoms with Gasteiger partial charge in [0.05, 0.1) is 15.5 Å². The molecule has 1 aromatic rings. The largest absolute Gasteiger partial charge is 0.507 e. The lowest BCUT2D eigenvalue weighted by molar-refractivity contribution is -0.139. The van der Waals surface area contributed by atoms with E-state index in [9.17, 15) is 14.7 Å². The first-order valence-corrected chi connectivity index (χ1v) is 7.03. The Morgan fingerprint density at radius 2 is 2.05 bits per heavy atom. The van der Waals surface area contributed by atoms with Gasteiger partial charge in [-0.2, -0.15) is 0 Å². The smallest absolute Gasteiger partial charge is 0.305 e. The van der Waals surface area contributed by atoms with Gasteiger partial charge in [0.2, 0.25) is 0 Å². The number of nitrogens with one attached hydrogen (secondary N) is 1. The van der Waals surface area contributed by atoms with Crippen molar-refractivity contribution < 1.29 is 19.8 Å². The van der Waals surface area contributed by atoms with Gasteiger partial charge in [0, 0.05) is 5.56 Å². The van der Waals surface area contributed by atoms with Gasteiger partial charge in [-0.1, -0.05) is 0 Å². The van der Waals surface area contributed by atoms with E-state index >= 15 is 0 Å². The number of amides is 1. The molecule has 1 aliphatic rings. The van der Waals surface area contributed by atoms with Crippen LogP contribution in [0.3, 0.4) is 0 Å². The normalized spacial score (nSPS) is 16.5. The molecule has 0 bridgehead atoms. The van der Waals surface area contributed by atoms with E-state index in [-0.39, 0.29) is 18.1 Å². The number of aromatic hydroxyl groups is 1. The molecule has 6 heteroatoms. The Bertz CT molecular complexity index is 525. The van der Waals surface area contributed by atoms with Crippen LogP contribution in [0.1, 0.15) is 36.0 Å². The number of rotatable bonds is 4. The van der Waals surface area contributed by atoms with Crippen LogP contribution in [0.25, 0.3) is 0 Å². The molecule has 1 amide bonds. The van der Waals surface area contributed by atoms with Crippen molar-refractivity contribution >= 4 is 34.5 Å². The van der Waals surface area contributed by atoms with E-state index < -0.39 is 11.5 Å². The molecule has 1 aromatic carbocycles. The lowest BCUT2D eigenvalue weighted by atomic mass is 9.74. The summed E-state index contributed by atoms with van der Waals surface area (Å²) >= 11 is 1.97. The van der Waals surface area contributed by atoms with Crippen molar-refractivity contribution in [2.45, 2.75) is 31.2 Å². The summed E-state index contributed by atoms with van der Waals surface area (Å²) in [7, 11) is 0. The lowest BCUT2D eigenvalue weighted by Crippen LogP contribution is -2.54. The summed E-state index contributed by atoms with van der Waals surface area (Å²) in [6.45, 7) is 0. The van der Waals surface area contributed by atoms with Crippen LogP contribution in [0, 0.1) is 3.57 Å². The first kappa shape index (κ1) is 14.1. The van der Waals surface area contributed by atoms with Crippen LogP contribution in [0.4, 0.5) is 0 Å². The molecule has 5 nitrogen and oxygen atoms in total. The average molecular weight is 375 g/mol. The highest BCUT2D eigenvalue weighted by Crippen LogP contribution is 2.35. The van der Waals surface area contributed by atoms with Crippen molar-refractivity contribution in [3.8, 4) is 5.75 Å². The van der Waals surface area contributed by atoms with Gasteiger partial charge < -0.3 is 15.5 Å². The van der Waals surface area contributed by atoms with Gasteiger partial charge in [-0.15, -0.1) is 0 Å². The highest BCUT2D eigenvalue weighted by molar-refractivity contribution is 14.1. The van der Waals surface area contributed by atoms with E-state index in [1.165, 1.54) is 6.07 Å². The Kier molecular flexibility index (Phi) is 3.98. The topological polar surface area (TPSA) is 86.6 Å². The van der Waals surface area contributed by atoms with Gasteiger partial charge in [0.25, 0.3) is 5.91 Å². The van der Waals surface area contributed by atoms with Crippen molar-refractivity contribution in [2.75, 3.05) is 0 Å². The third-order valence-corrected chi connectivity index (χ3v) is 4.30. The molecule has 1 fully saturated rings. The number of carboxylic acids is 1. The molecule has 0 aromatic heterocycles. The Labute approximate surface area is 124 Å². The van der Waals surface area contributed by atoms with Crippen molar-refractivity contribution in [3.05, 3.63) is 27.3 Å². The highest BCUT2D eigenvalue weighted by Gasteiger charge is 2.40. The Morgan fingerprint density at radius 1 is 1.37 bits per heavy atom. The predicted molar refractivity (Wildman–Crippen MR) is 77.1 cm³/mol. The summed E-state index contributed by atoms with van der Waals surface area (Å²) in [6, 6.07) is 4.66. The minimum atomic E-state index is -0.912. The third-order valence-electron chi connectivity index (χ3n) is 3.39. The lowest BCUT2D eigenvalue weighted by Gasteiger charge is -2.41. The number of benzene rings is 1. The molecule has 19 heavy (non-hydrogen) atoms. The van der Waals surface area contributed by atoms with Crippen LogP contribution in [-0.2, 0) is 4.79 Å². The van der Waals surface area contributed by atoms with E-state index in [2.05, 4.69) is 5.32 Å². The van der Waals surface area contributed by atoms with E-state index in [1.807, 2.05) is 22.6 Å². The molecule has 0 unspecified atom stereocenters. The van der Waals surface area contributed by atoms with Crippen molar-refractivity contribution in [1.29, 1.82) is 0 Å². The fraction of sp³-hybridized carbons (Fsp3) is 0.385. The number of phenolic OH excluding ortho intramolecular Hbond substituents is 1. The van der Waals surface area contributed by atoms with Crippen molar-refractivity contribution in [1.82, 2.24) is 5.32 Å². The molecular weight excluding hydrogens is 361 g/mol. The maximum atomic E-state index is 12.1. The van der Waals surface area contributed by atoms with Crippen LogP contribution in [0.5, 0.6) is 5.75 Å². The van der Waals surface area contributed by atoms with Gasteiger partial charge in [-0.05, 0) is 60.1 Å². The summed E-state index contributed by atoms with van der Waals surface area (Å²) < 4.78 is 0.665. The van der Waals surface area contributed by atoms with E-state index in [0.717, 1.165) is 6.42 Å². The number of halogens is 1. The molecule has 0 aliphatic heterocycles. The summed E-state index contributed by atoms with van der Waals surface area (Å²) in [4.78, 5) is 22.9. The fourth-order valence-corrected chi connectivity index (χ4v) is 2.54. The van der Waals surface area contributed by atoms with Crippen LogP contribution in [0.15, 0.2) is 18.2 Å². The zero-order chi connectivity index (χ0) is 14.0. The standard InChI is InChI=1S/C13H14INO4/c14-9-3-2-8(6-10(9)16)12(19)15-13(4-1-5-13)7-11(17)18/h2-3,6,16H,1,4-5,7H2,(H,15,19)(H,17,18). The number of hydrogen-bond donors (Lipinski definition) is 3. The number of carbonyl (C=O) groups is 2. The van der Waals surface area contributed by atoms with Gasteiger partial charge in [0.15, 0.2) is 0 Å². The Hall–Kier alpha value is -1.31.